The van der Waals surface area contributed by atoms with Gasteiger partial charge in [-0.05, 0) is 48.0 Å². The van der Waals surface area contributed by atoms with Crippen LogP contribution in [0, 0.1) is 0 Å². The summed E-state index contributed by atoms with van der Waals surface area (Å²) in [5.74, 6) is 0.00952. The number of anilines is 1. The Kier molecular flexibility index (Phi) is 4.74. The molecule has 0 atom stereocenters. The molecule has 2 aromatic carbocycles. The van der Waals surface area contributed by atoms with Crippen molar-refractivity contribution in [2.75, 3.05) is 19.0 Å². The van der Waals surface area contributed by atoms with Crippen molar-refractivity contribution in [1.82, 2.24) is 0 Å². The quantitative estimate of drug-likeness (QED) is 0.611. The van der Waals surface area contributed by atoms with Crippen LogP contribution in [0.15, 0.2) is 59.1 Å². The second-order valence-corrected chi connectivity index (χ2v) is 5.61. The maximum Gasteiger partial charge on any atom is 0.185 e. The van der Waals surface area contributed by atoms with E-state index in [1.807, 2.05) is 73.6 Å². The minimum absolute atomic E-state index is 0.00952. The molecule has 3 heteroatoms. The van der Waals surface area contributed by atoms with Gasteiger partial charge in [-0.3, -0.25) is 4.79 Å². The smallest absolute Gasteiger partial charge is 0.185 e. The van der Waals surface area contributed by atoms with E-state index in [0.717, 1.165) is 15.7 Å². The second-order valence-electron chi connectivity index (χ2n) is 4.69. The number of hydrogen-bond donors (Lipinski definition) is 0. The van der Waals surface area contributed by atoms with Gasteiger partial charge in [-0.1, -0.05) is 34.1 Å². The van der Waals surface area contributed by atoms with E-state index in [1.54, 1.807) is 6.08 Å². The molecular weight excluding hydrogens is 314 g/mol. The van der Waals surface area contributed by atoms with Gasteiger partial charge in [-0.25, -0.2) is 0 Å². The van der Waals surface area contributed by atoms with Crippen molar-refractivity contribution in [2.24, 2.45) is 0 Å². The number of allylic oxidation sites excluding steroid dienone is 1. The lowest BCUT2D eigenvalue weighted by atomic mass is 10.1. The number of hydrogen-bond acceptors (Lipinski definition) is 2. The van der Waals surface area contributed by atoms with Crippen molar-refractivity contribution in [3.05, 3.63) is 70.2 Å². The molecule has 0 aromatic heterocycles. The summed E-state index contributed by atoms with van der Waals surface area (Å²) < 4.78 is 1.00. The molecule has 0 amide bonds. The average molecular weight is 330 g/mol. The van der Waals surface area contributed by atoms with E-state index in [9.17, 15) is 4.79 Å². The first kappa shape index (κ1) is 14.5. The monoisotopic (exact) mass is 329 g/mol. The predicted molar refractivity (Wildman–Crippen MR) is 88.3 cm³/mol. The van der Waals surface area contributed by atoms with E-state index < -0.39 is 0 Å². The molecule has 0 saturated heterocycles. The number of carbonyl (C=O) groups excluding carboxylic acids is 1. The standard InChI is InChI=1S/C17H16BrNO/c1-19(2)16-9-7-14(8-10-16)17(20)11-6-13-4-3-5-15(18)12-13/h3-12H,1-2H3/b11-6+. The fraction of sp³-hybridized carbons (Fsp3) is 0.118. The molecule has 0 saturated carbocycles. The summed E-state index contributed by atoms with van der Waals surface area (Å²) in [4.78, 5) is 14.1. The molecule has 0 bridgehead atoms. The summed E-state index contributed by atoms with van der Waals surface area (Å²) in [6.07, 6.45) is 3.43. The third-order valence-corrected chi connectivity index (χ3v) is 3.44. The van der Waals surface area contributed by atoms with Gasteiger partial charge in [0.15, 0.2) is 5.78 Å². The van der Waals surface area contributed by atoms with Crippen LogP contribution in [0.3, 0.4) is 0 Å². The van der Waals surface area contributed by atoms with Crippen LogP contribution in [0.25, 0.3) is 6.08 Å². The zero-order valence-electron chi connectivity index (χ0n) is 11.5. The van der Waals surface area contributed by atoms with Crippen LogP contribution in [0.4, 0.5) is 5.69 Å². The highest BCUT2D eigenvalue weighted by atomic mass is 79.9. The highest BCUT2D eigenvalue weighted by molar-refractivity contribution is 9.10. The average Bonchev–Trinajstić information content (AvgIpc) is 2.45. The fourth-order valence-electron chi connectivity index (χ4n) is 1.80. The van der Waals surface area contributed by atoms with Crippen molar-refractivity contribution >= 4 is 33.5 Å². The molecule has 0 aliphatic rings. The van der Waals surface area contributed by atoms with E-state index in [2.05, 4.69) is 15.9 Å². The van der Waals surface area contributed by atoms with Crippen LogP contribution in [-0.2, 0) is 0 Å². The molecule has 20 heavy (non-hydrogen) atoms. The van der Waals surface area contributed by atoms with E-state index in [4.69, 9.17) is 0 Å². The van der Waals surface area contributed by atoms with Crippen LogP contribution < -0.4 is 4.90 Å². The lowest BCUT2D eigenvalue weighted by molar-refractivity contribution is 0.104. The Hall–Kier alpha value is -1.87. The van der Waals surface area contributed by atoms with Crippen molar-refractivity contribution in [3.63, 3.8) is 0 Å². The molecule has 0 fully saturated rings. The number of halogens is 1. The number of ketones is 1. The summed E-state index contributed by atoms with van der Waals surface area (Å²) in [7, 11) is 3.95. The molecule has 0 spiro atoms. The number of benzene rings is 2. The van der Waals surface area contributed by atoms with Crippen LogP contribution in [-0.4, -0.2) is 19.9 Å². The van der Waals surface area contributed by atoms with Crippen molar-refractivity contribution in [2.45, 2.75) is 0 Å². The maximum absolute atomic E-state index is 12.1. The molecule has 0 aliphatic heterocycles. The Morgan fingerprint density at radius 1 is 1.10 bits per heavy atom. The number of rotatable bonds is 4. The summed E-state index contributed by atoms with van der Waals surface area (Å²) in [5.41, 5.74) is 2.78. The third kappa shape index (κ3) is 3.81. The number of nitrogens with zero attached hydrogens (tertiary/aromatic N) is 1. The largest absolute Gasteiger partial charge is 0.378 e. The van der Waals surface area contributed by atoms with Gasteiger partial charge in [0.1, 0.15) is 0 Å². The summed E-state index contributed by atoms with van der Waals surface area (Å²) in [5, 5.41) is 0. The van der Waals surface area contributed by atoms with Crippen LogP contribution in [0.1, 0.15) is 15.9 Å². The van der Waals surface area contributed by atoms with Gasteiger partial charge in [0, 0.05) is 29.8 Å². The van der Waals surface area contributed by atoms with Crippen LogP contribution in [0.5, 0.6) is 0 Å². The molecular formula is C17H16BrNO. The minimum Gasteiger partial charge on any atom is -0.378 e. The van der Waals surface area contributed by atoms with Crippen LogP contribution in [0.2, 0.25) is 0 Å². The van der Waals surface area contributed by atoms with Gasteiger partial charge in [0.05, 0.1) is 0 Å². The van der Waals surface area contributed by atoms with Gasteiger partial charge in [-0.2, -0.15) is 0 Å². The summed E-state index contributed by atoms with van der Waals surface area (Å²) >= 11 is 3.41. The topological polar surface area (TPSA) is 20.3 Å². The normalized spacial score (nSPS) is 10.8. The molecule has 0 N–H and O–H groups in total. The molecule has 2 aromatic rings. The second kappa shape index (κ2) is 6.53. The van der Waals surface area contributed by atoms with E-state index >= 15 is 0 Å². The zero-order valence-corrected chi connectivity index (χ0v) is 13.1. The first-order valence-corrected chi connectivity index (χ1v) is 7.11. The molecule has 0 heterocycles. The predicted octanol–water partition coefficient (Wildman–Crippen LogP) is 4.41. The Morgan fingerprint density at radius 2 is 1.80 bits per heavy atom. The third-order valence-electron chi connectivity index (χ3n) is 2.94. The molecule has 102 valence electrons. The van der Waals surface area contributed by atoms with Gasteiger partial charge in [-0.15, -0.1) is 0 Å². The summed E-state index contributed by atoms with van der Waals surface area (Å²) in [6.45, 7) is 0. The van der Waals surface area contributed by atoms with Gasteiger partial charge in [0.25, 0.3) is 0 Å². The van der Waals surface area contributed by atoms with Crippen molar-refractivity contribution in [1.29, 1.82) is 0 Å². The Balaban J connectivity index is 2.11. The highest BCUT2D eigenvalue weighted by Gasteiger charge is 2.02. The Morgan fingerprint density at radius 3 is 2.40 bits per heavy atom. The SMILES string of the molecule is CN(C)c1ccc(C(=O)/C=C/c2cccc(Br)c2)cc1. The fourth-order valence-corrected chi connectivity index (χ4v) is 2.22. The molecule has 0 aliphatic carbocycles. The Bertz CT molecular complexity index is 630. The number of carbonyl (C=O) groups is 1. The van der Waals surface area contributed by atoms with E-state index in [1.165, 1.54) is 0 Å². The van der Waals surface area contributed by atoms with Gasteiger partial charge in [0.2, 0.25) is 0 Å². The molecule has 0 unspecified atom stereocenters. The molecule has 2 nitrogen and oxygen atoms in total. The Labute approximate surface area is 127 Å². The molecule has 2 rings (SSSR count). The lowest BCUT2D eigenvalue weighted by Crippen LogP contribution is -2.08. The maximum atomic E-state index is 12.1. The zero-order chi connectivity index (χ0) is 14.5. The van der Waals surface area contributed by atoms with Crippen molar-refractivity contribution < 1.29 is 4.79 Å². The van der Waals surface area contributed by atoms with E-state index in [-0.39, 0.29) is 5.78 Å². The highest BCUT2D eigenvalue weighted by Crippen LogP contribution is 2.15. The van der Waals surface area contributed by atoms with Crippen LogP contribution >= 0.6 is 15.9 Å². The van der Waals surface area contributed by atoms with Crippen molar-refractivity contribution in [3.8, 4) is 0 Å². The minimum atomic E-state index is 0.00952. The lowest BCUT2D eigenvalue weighted by Gasteiger charge is -2.11. The van der Waals surface area contributed by atoms with E-state index in [0.29, 0.717) is 5.56 Å². The van der Waals surface area contributed by atoms with Gasteiger partial charge < -0.3 is 4.90 Å². The first-order valence-electron chi connectivity index (χ1n) is 6.31. The summed E-state index contributed by atoms with van der Waals surface area (Å²) in [6, 6.07) is 15.4. The molecule has 0 radical (unpaired) electrons. The van der Waals surface area contributed by atoms with Gasteiger partial charge >= 0.3 is 0 Å². The first-order chi connectivity index (χ1) is 9.56.